The van der Waals surface area contributed by atoms with Crippen LogP contribution in [0.3, 0.4) is 0 Å². The summed E-state index contributed by atoms with van der Waals surface area (Å²) in [5.41, 5.74) is 9.10. The first-order valence-electron chi connectivity index (χ1n) is 6.73. The Morgan fingerprint density at radius 3 is 2.57 bits per heavy atom. The number of methoxy groups -OCH3 is 1. The van der Waals surface area contributed by atoms with Crippen LogP contribution >= 0.6 is 11.3 Å². The van der Waals surface area contributed by atoms with E-state index in [-0.39, 0.29) is 12.0 Å². The van der Waals surface area contributed by atoms with Gasteiger partial charge in [-0.1, -0.05) is 0 Å². The van der Waals surface area contributed by atoms with Crippen molar-refractivity contribution in [2.75, 3.05) is 18.2 Å². The van der Waals surface area contributed by atoms with E-state index in [0.717, 1.165) is 5.69 Å². The minimum atomic E-state index is -0.384. The lowest BCUT2D eigenvalue weighted by atomic mass is 10.1. The van der Waals surface area contributed by atoms with Crippen LogP contribution in [-0.4, -0.2) is 13.1 Å². The molecular weight excluding hydrogens is 284 g/mol. The summed E-state index contributed by atoms with van der Waals surface area (Å²) in [6.45, 7) is 6.32. The molecule has 0 saturated carbocycles. The van der Waals surface area contributed by atoms with E-state index in [0.29, 0.717) is 11.3 Å². The Labute approximate surface area is 128 Å². The molecule has 0 aliphatic rings. The van der Waals surface area contributed by atoms with E-state index in [9.17, 15) is 4.79 Å². The van der Waals surface area contributed by atoms with Gasteiger partial charge in [0.25, 0.3) is 0 Å². The van der Waals surface area contributed by atoms with Crippen molar-refractivity contribution < 1.29 is 9.53 Å². The molecular formula is C16H20N2O2S. The smallest absolute Gasteiger partial charge is 0.337 e. The van der Waals surface area contributed by atoms with Gasteiger partial charge < -0.3 is 15.8 Å². The van der Waals surface area contributed by atoms with Crippen molar-refractivity contribution in [3.8, 4) is 0 Å². The normalized spacial score (nSPS) is 12.0. The van der Waals surface area contributed by atoms with Gasteiger partial charge in [-0.3, -0.25) is 0 Å². The van der Waals surface area contributed by atoms with Crippen LogP contribution in [0, 0.1) is 13.8 Å². The van der Waals surface area contributed by atoms with Gasteiger partial charge in [-0.2, -0.15) is 0 Å². The predicted molar refractivity (Wildman–Crippen MR) is 88.0 cm³/mol. The fourth-order valence-electron chi connectivity index (χ4n) is 2.33. The molecule has 0 saturated heterocycles. The SMILES string of the molecule is COC(=O)c1ccc(NC(C)c2cc(C)sc2C)c(N)c1. The molecule has 21 heavy (non-hydrogen) atoms. The zero-order chi connectivity index (χ0) is 15.6. The van der Waals surface area contributed by atoms with Gasteiger partial charge in [0.1, 0.15) is 0 Å². The third-order valence-electron chi connectivity index (χ3n) is 3.39. The standard InChI is InChI=1S/C16H20N2O2S/c1-9-7-13(11(3)21-9)10(2)18-15-6-5-12(8-14(15)17)16(19)20-4/h5-8,10,18H,17H2,1-4H3. The maximum atomic E-state index is 11.5. The van der Waals surface area contributed by atoms with Crippen LogP contribution in [-0.2, 0) is 4.74 Å². The molecule has 0 radical (unpaired) electrons. The fraction of sp³-hybridized carbons (Fsp3) is 0.312. The van der Waals surface area contributed by atoms with Gasteiger partial charge in [-0.15, -0.1) is 11.3 Å². The summed E-state index contributed by atoms with van der Waals surface area (Å²) in [7, 11) is 1.36. The predicted octanol–water partition coefficient (Wildman–Crippen LogP) is 3.91. The van der Waals surface area contributed by atoms with Gasteiger partial charge in [0, 0.05) is 15.8 Å². The van der Waals surface area contributed by atoms with E-state index in [2.05, 4.69) is 36.9 Å². The number of benzene rings is 1. The first-order chi connectivity index (χ1) is 9.92. The maximum Gasteiger partial charge on any atom is 0.337 e. The summed E-state index contributed by atoms with van der Waals surface area (Å²) < 4.78 is 4.69. The van der Waals surface area contributed by atoms with Crippen molar-refractivity contribution in [3.63, 3.8) is 0 Å². The van der Waals surface area contributed by atoms with E-state index in [1.54, 1.807) is 23.5 Å². The van der Waals surface area contributed by atoms with Crippen molar-refractivity contribution in [1.29, 1.82) is 0 Å². The number of nitrogens with two attached hydrogens (primary N) is 1. The number of nitrogens with one attached hydrogen (secondary N) is 1. The van der Waals surface area contributed by atoms with Crippen LogP contribution in [0.4, 0.5) is 11.4 Å². The molecule has 3 N–H and O–H groups in total. The molecule has 112 valence electrons. The summed E-state index contributed by atoms with van der Waals surface area (Å²) in [5, 5.41) is 3.39. The molecule has 0 spiro atoms. The quantitative estimate of drug-likeness (QED) is 0.664. The number of esters is 1. The molecule has 2 rings (SSSR count). The number of rotatable bonds is 4. The lowest BCUT2D eigenvalue weighted by Gasteiger charge is -2.17. The van der Waals surface area contributed by atoms with E-state index in [4.69, 9.17) is 5.73 Å². The number of anilines is 2. The van der Waals surface area contributed by atoms with Crippen molar-refractivity contribution in [2.24, 2.45) is 0 Å². The topological polar surface area (TPSA) is 64.3 Å². The molecule has 1 atom stereocenters. The molecule has 1 heterocycles. The Hall–Kier alpha value is -2.01. The molecule has 0 aliphatic heterocycles. The van der Waals surface area contributed by atoms with Crippen LogP contribution < -0.4 is 11.1 Å². The fourth-order valence-corrected chi connectivity index (χ4v) is 3.35. The Morgan fingerprint density at radius 1 is 1.33 bits per heavy atom. The highest BCUT2D eigenvalue weighted by Crippen LogP contribution is 2.30. The summed E-state index contributed by atoms with van der Waals surface area (Å²) >= 11 is 1.79. The van der Waals surface area contributed by atoms with Gasteiger partial charge in [0.05, 0.1) is 24.0 Å². The van der Waals surface area contributed by atoms with Gasteiger partial charge in [0.15, 0.2) is 0 Å². The van der Waals surface area contributed by atoms with Crippen molar-refractivity contribution in [1.82, 2.24) is 0 Å². The minimum absolute atomic E-state index is 0.154. The first kappa shape index (κ1) is 15.4. The largest absolute Gasteiger partial charge is 0.465 e. The van der Waals surface area contributed by atoms with E-state index in [1.807, 2.05) is 6.07 Å². The molecule has 5 heteroatoms. The summed E-state index contributed by atoms with van der Waals surface area (Å²) in [4.78, 5) is 14.1. The third kappa shape index (κ3) is 3.36. The van der Waals surface area contributed by atoms with Gasteiger partial charge in [-0.05, 0) is 50.6 Å². The average molecular weight is 304 g/mol. The molecule has 0 amide bonds. The molecule has 2 aromatic rings. The number of hydrogen-bond acceptors (Lipinski definition) is 5. The van der Waals surface area contributed by atoms with E-state index in [1.165, 1.54) is 22.4 Å². The zero-order valence-corrected chi connectivity index (χ0v) is 13.5. The second kappa shape index (κ2) is 6.18. The lowest BCUT2D eigenvalue weighted by Crippen LogP contribution is -2.10. The first-order valence-corrected chi connectivity index (χ1v) is 7.55. The van der Waals surface area contributed by atoms with Crippen LogP contribution in [0.5, 0.6) is 0 Å². The number of ether oxygens (including phenoxy) is 1. The Bertz CT molecular complexity index is 664. The van der Waals surface area contributed by atoms with Gasteiger partial charge in [0.2, 0.25) is 0 Å². The molecule has 1 aromatic carbocycles. The number of aryl methyl sites for hydroxylation is 2. The van der Waals surface area contributed by atoms with Gasteiger partial charge >= 0.3 is 5.97 Å². The second-order valence-electron chi connectivity index (χ2n) is 5.03. The average Bonchev–Trinajstić information content (AvgIpc) is 2.79. The summed E-state index contributed by atoms with van der Waals surface area (Å²) in [5.74, 6) is -0.384. The molecule has 0 aliphatic carbocycles. The number of carbonyl (C=O) groups excluding carboxylic acids is 1. The van der Waals surface area contributed by atoms with Crippen molar-refractivity contribution in [2.45, 2.75) is 26.8 Å². The zero-order valence-electron chi connectivity index (χ0n) is 12.7. The Kier molecular flexibility index (Phi) is 4.53. The Morgan fingerprint density at radius 2 is 2.05 bits per heavy atom. The summed E-state index contributed by atoms with van der Waals surface area (Å²) in [6.07, 6.45) is 0. The van der Waals surface area contributed by atoms with Crippen molar-refractivity contribution >= 4 is 28.7 Å². The second-order valence-corrected chi connectivity index (χ2v) is 6.49. The lowest BCUT2D eigenvalue weighted by molar-refractivity contribution is 0.0601. The molecule has 0 bridgehead atoms. The molecule has 1 unspecified atom stereocenters. The minimum Gasteiger partial charge on any atom is -0.465 e. The Balaban J connectivity index is 2.20. The monoisotopic (exact) mass is 304 g/mol. The number of thiophene rings is 1. The van der Waals surface area contributed by atoms with E-state index >= 15 is 0 Å². The number of carbonyl (C=O) groups is 1. The highest BCUT2D eigenvalue weighted by molar-refractivity contribution is 7.12. The van der Waals surface area contributed by atoms with Crippen LogP contribution in [0.2, 0.25) is 0 Å². The van der Waals surface area contributed by atoms with Gasteiger partial charge in [-0.25, -0.2) is 4.79 Å². The molecule has 1 aromatic heterocycles. The van der Waals surface area contributed by atoms with Crippen molar-refractivity contribution in [3.05, 3.63) is 45.1 Å². The van der Waals surface area contributed by atoms with Crippen LogP contribution in [0.15, 0.2) is 24.3 Å². The molecule has 4 nitrogen and oxygen atoms in total. The van der Waals surface area contributed by atoms with Crippen LogP contribution in [0.25, 0.3) is 0 Å². The van der Waals surface area contributed by atoms with Crippen LogP contribution in [0.1, 0.15) is 38.6 Å². The maximum absolute atomic E-state index is 11.5. The third-order valence-corrected chi connectivity index (χ3v) is 4.37. The highest BCUT2D eigenvalue weighted by Gasteiger charge is 2.13. The van der Waals surface area contributed by atoms with E-state index < -0.39 is 0 Å². The molecule has 0 fully saturated rings. The summed E-state index contributed by atoms with van der Waals surface area (Å²) in [6, 6.07) is 7.50. The number of nitrogen functional groups attached to an aromatic ring is 1. The highest BCUT2D eigenvalue weighted by atomic mass is 32.1. The number of hydrogen-bond donors (Lipinski definition) is 2.